The standard InChI is InChI=1S/C13H26O11/c1-4(2-14)6(16)8(18)10(20)12(22)24-13-11(21)9(19)7(17)5(3-15)23-13/h4-22H,2-3H2,1H3. The van der Waals surface area contributed by atoms with E-state index in [1.165, 1.54) is 6.92 Å². The lowest BCUT2D eigenvalue weighted by Gasteiger charge is -2.41. The van der Waals surface area contributed by atoms with E-state index in [1.807, 2.05) is 0 Å². The van der Waals surface area contributed by atoms with E-state index < -0.39 is 74.4 Å². The van der Waals surface area contributed by atoms with Gasteiger partial charge in [-0.15, -0.1) is 0 Å². The van der Waals surface area contributed by atoms with Crippen molar-refractivity contribution < 1.29 is 55.4 Å². The number of rotatable bonds is 8. The highest BCUT2D eigenvalue weighted by Crippen LogP contribution is 2.24. The zero-order valence-corrected chi connectivity index (χ0v) is 13.0. The molecule has 1 rings (SSSR count). The Balaban J connectivity index is 2.69. The Kier molecular flexibility index (Phi) is 8.38. The lowest BCUT2D eigenvalue weighted by atomic mass is 9.96. The molecule has 11 heteroatoms. The Morgan fingerprint density at radius 3 is 1.96 bits per heavy atom. The van der Waals surface area contributed by atoms with Gasteiger partial charge in [-0.1, -0.05) is 6.92 Å². The van der Waals surface area contributed by atoms with E-state index in [0.29, 0.717) is 0 Å². The number of hydrogen-bond donors (Lipinski definition) is 9. The Morgan fingerprint density at radius 2 is 1.46 bits per heavy atom. The summed E-state index contributed by atoms with van der Waals surface area (Å²) in [5, 5.41) is 85.9. The molecule has 144 valence electrons. The van der Waals surface area contributed by atoms with Gasteiger partial charge in [0.2, 0.25) is 0 Å². The first kappa shape index (κ1) is 21.6. The molecule has 0 bridgehead atoms. The fraction of sp³-hybridized carbons (Fsp3) is 1.00. The van der Waals surface area contributed by atoms with Crippen LogP contribution in [0.5, 0.6) is 0 Å². The van der Waals surface area contributed by atoms with Crippen molar-refractivity contribution in [3.05, 3.63) is 0 Å². The van der Waals surface area contributed by atoms with Gasteiger partial charge in [0.05, 0.1) is 12.7 Å². The minimum absolute atomic E-state index is 0.478. The van der Waals surface area contributed by atoms with Crippen LogP contribution >= 0.6 is 0 Å². The molecule has 24 heavy (non-hydrogen) atoms. The normalized spacial score (nSPS) is 37.5. The summed E-state index contributed by atoms with van der Waals surface area (Å²) in [6.45, 7) is 0.207. The number of aliphatic hydroxyl groups excluding tert-OH is 9. The topological polar surface area (TPSA) is 201 Å². The van der Waals surface area contributed by atoms with Crippen LogP contribution in [0.15, 0.2) is 0 Å². The molecule has 1 aliphatic heterocycles. The second kappa shape index (κ2) is 9.31. The summed E-state index contributed by atoms with van der Waals surface area (Å²) in [4.78, 5) is 0. The van der Waals surface area contributed by atoms with E-state index >= 15 is 0 Å². The molecule has 0 aliphatic carbocycles. The number of hydrogen-bond acceptors (Lipinski definition) is 11. The van der Waals surface area contributed by atoms with Crippen LogP contribution in [-0.4, -0.2) is 114 Å². The van der Waals surface area contributed by atoms with Crippen LogP contribution in [0, 0.1) is 5.92 Å². The highest BCUT2D eigenvalue weighted by Gasteiger charge is 2.46. The van der Waals surface area contributed by atoms with Crippen LogP contribution in [0.25, 0.3) is 0 Å². The van der Waals surface area contributed by atoms with E-state index in [9.17, 15) is 35.7 Å². The summed E-state index contributed by atoms with van der Waals surface area (Å²) in [7, 11) is 0. The molecule has 10 atom stereocenters. The lowest BCUT2D eigenvalue weighted by molar-refractivity contribution is -0.346. The van der Waals surface area contributed by atoms with Crippen molar-refractivity contribution in [2.45, 2.75) is 62.2 Å². The summed E-state index contributed by atoms with van der Waals surface area (Å²) in [5.41, 5.74) is 0. The maximum atomic E-state index is 9.79. The van der Waals surface area contributed by atoms with Gasteiger partial charge in [0.1, 0.15) is 36.6 Å². The summed E-state index contributed by atoms with van der Waals surface area (Å²) >= 11 is 0. The van der Waals surface area contributed by atoms with Gasteiger partial charge in [-0.25, -0.2) is 0 Å². The Bertz CT molecular complexity index is 368. The molecule has 0 aromatic rings. The average Bonchev–Trinajstić information content (AvgIpc) is 2.59. The molecule has 1 saturated heterocycles. The predicted molar refractivity (Wildman–Crippen MR) is 75.1 cm³/mol. The third-order valence-corrected chi connectivity index (χ3v) is 3.98. The summed E-state index contributed by atoms with van der Waals surface area (Å²) in [6.07, 6.45) is -15.8. The first-order valence-corrected chi connectivity index (χ1v) is 7.44. The maximum absolute atomic E-state index is 9.79. The van der Waals surface area contributed by atoms with Crippen molar-refractivity contribution in [2.24, 2.45) is 5.92 Å². The van der Waals surface area contributed by atoms with Crippen molar-refractivity contribution in [1.29, 1.82) is 0 Å². The molecule has 9 N–H and O–H groups in total. The van der Waals surface area contributed by atoms with Crippen LogP contribution in [0.4, 0.5) is 0 Å². The summed E-state index contributed by atoms with van der Waals surface area (Å²) in [6, 6.07) is 0. The molecular weight excluding hydrogens is 332 g/mol. The summed E-state index contributed by atoms with van der Waals surface area (Å²) in [5.74, 6) is -0.797. The molecule has 0 radical (unpaired) electrons. The Labute approximate surface area is 137 Å². The molecule has 10 unspecified atom stereocenters. The van der Waals surface area contributed by atoms with Crippen molar-refractivity contribution in [2.75, 3.05) is 13.2 Å². The van der Waals surface area contributed by atoms with Crippen LogP contribution in [0.2, 0.25) is 0 Å². The third kappa shape index (κ3) is 4.80. The molecular formula is C13H26O11. The number of aliphatic hydroxyl groups is 9. The fourth-order valence-electron chi connectivity index (χ4n) is 2.21. The average molecular weight is 358 g/mol. The highest BCUT2D eigenvalue weighted by molar-refractivity contribution is 4.89. The molecule has 0 amide bonds. The van der Waals surface area contributed by atoms with Gasteiger partial charge in [-0.05, 0) is 0 Å². The quantitative estimate of drug-likeness (QED) is 0.188. The summed E-state index contributed by atoms with van der Waals surface area (Å²) < 4.78 is 9.79. The molecule has 0 saturated carbocycles. The van der Waals surface area contributed by atoms with Crippen LogP contribution in [-0.2, 0) is 9.47 Å². The van der Waals surface area contributed by atoms with E-state index in [1.54, 1.807) is 0 Å². The molecule has 1 fully saturated rings. The van der Waals surface area contributed by atoms with Crippen molar-refractivity contribution >= 4 is 0 Å². The number of ether oxygens (including phenoxy) is 2. The minimum Gasteiger partial charge on any atom is -0.396 e. The van der Waals surface area contributed by atoms with Gasteiger partial charge in [-0.3, -0.25) is 0 Å². The molecule has 0 aromatic heterocycles. The van der Waals surface area contributed by atoms with Gasteiger partial charge >= 0.3 is 0 Å². The molecule has 1 heterocycles. The first-order chi connectivity index (χ1) is 11.1. The van der Waals surface area contributed by atoms with Gasteiger partial charge in [-0.2, -0.15) is 0 Å². The fourth-order valence-corrected chi connectivity index (χ4v) is 2.21. The predicted octanol–water partition coefficient (Wildman–Crippen LogP) is -5.17. The van der Waals surface area contributed by atoms with Gasteiger partial charge < -0.3 is 55.4 Å². The minimum atomic E-state index is -2.14. The third-order valence-electron chi connectivity index (χ3n) is 3.98. The molecule has 1 aliphatic rings. The van der Waals surface area contributed by atoms with Crippen molar-refractivity contribution in [3.8, 4) is 0 Å². The second-order valence-electron chi connectivity index (χ2n) is 5.86. The monoisotopic (exact) mass is 358 g/mol. The smallest absolute Gasteiger partial charge is 0.189 e. The SMILES string of the molecule is CC(CO)C(O)C(O)C(O)C(O)OC1OC(CO)C(O)C(O)C1O. The highest BCUT2D eigenvalue weighted by atomic mass is 16.8. The van der Waals surface area contributed by atoms with Crippen molar-refractivity contribution in [1.82, 2.24) is 0 Å². The lowest BCUT2D eigenvalue weighted by Crippen LogP contribution is -2.60. The molecule has 0 aromatic carbocycles. The maximum Gasteiger partial charge on any atom is 0.189 e. The molecule has 11 nitrogen and oxygen atoms in total. The van der Waals surface area contributed by atoms with E-state index in [2.05, 4.69) is 0 Å². The van der Waals surface area contributed by atoms with Gasteiger partial charge in [0.25, 0.3) is 0 Å². The Hall–Kier alpha value is -0.440. The van der Waals surface area contributed by atoms with E-state index in [0.717, 1.165) is 0 Å². The molecule has 0 spiro atoms. The van der Waals surface area contributed by atoms with Crippen LogP contribution in [0.1, 0.15) is 6.92 Å². The van der Waals surface area contributed by atoms with Gasteiger partial charge in [0, 0.05) is 12.5 Å². The Morgan fingerprint density at radius 1 is 0.875 bits per heavy atom. The first-order valence-electron chi connectivity index (χ1n) is 7.44. The van der Waals surface area contributed by atoms with Gasteiger partial charge in [0.15, 0.2) is 12.6 Å². The zero-order valence-electron chi connectivity index (χ0n) is 13.0. The van der Waals surface area contributed by atoms with Crippen molar-refractivity contribution in [3.63, 3.8) is 0 Å². The van der Waals surface area contributed by atoms with Crippen LogP contribution < -0.4 is 0 Å². The van der Waals surface area contributed by atoms with E-state index in [-0.39, 0.29) is 0 Å². The second-order valence-corrected chi connectivity index (χ2v) is 5.86. The largest absolute Gasteiger partial charge is 0.396 e. The van der Waals surface area contributed by atoms with E-state index in [4.69, 9.17) is 19.7 Å². The zero-order chi connectivity index (χ0) is 18.6. The van der Waals surface area contributed by atoms with Crippen LogP contribution in [0.3, 0.4) is 0 Å².